The summed E-state index contributed by atoms with van der Waals surface area (Å²) < 4.78 is 6.19. The van der Waals surface area contributed by atoms with Crippen molar-refractivity contribution in [3.63, 3.8) is 0 Å². The number of unbranched alkanes of at least 4 members (excludes halogenated alkanes) is 2. The summed E-state index contributed by atoms with van der Waals surface area (Å²) in [5, 5.41) is 10.4. The van der Waals surface area contributed by atoms with E-state index in [2.05, 4.69) is 46.8 Å². The molecule has 26 heavy (non-hydrogen) atoms. The zero-order valence-corrected chi connectivity index (χ0v) is 18.0. The molecule has 1 saturated heterocycles. The van der Waals surface area contributed by atoms with Crippen LogP contribution < -0.4 is 0 Å². The molecule has 3 rings (SSSR count). The fourth-order valence-corrected chi connectivity index (χ4v) is 6.22. The molecule has 0 bridgehead atoms. The van der Waals surface area contributed by atoms with Gasteiger partial charge in [-0.25, -0.2) is 0 Å². The van der Waals surface area contributed by atoms with Gasteiger partial charge in [0.15, 0.2) is 0 Å². The maximum absolute atomic E-state index is 10.4. The average molecular weight is 377 g/mol. The Balaban J connectivity index is 2.00. The van der Waals surface area contributed by atoms with E-state index in [0.29, 0.717) is 11.8 Å². The van der Waals surface area contributed by atoms with Crippen molar-refractivity contribution in [2.75, 3.05) is 11.5 Å². The van der Waals surface area contributed by atoms with Gasteiger partial charge in [0.1, 0.15) is 5.76 Å². The molecule has 146 valence electrons. The molecule has 1 fully saturated rings. The summed E-state index contributed by atoms with van der Waals surface area (Å²) in [4.78, 5) is 0. The van der Waals surface area contributed by atoms with Crippen molar-refractivity contribution in [3.05, 3.63) is 35.1 Å². The van der Waals surface area contributed by atoms with Gasteiger partial charge < -0.3 is 9.84 Å². The van der Waals surface area contributed by atoms with Crippen molar-refractivity contribution in [1.82, 2.24) is 0 Å². The highest BCUT2D eigenvalue weighted by atomic mass is 32.2. The first-order chi connectivity index (χ1) is 12.3. The third-order valence-electron chi connectivity index (χ3n) is 7.05. The van der Waals surface area contributed by atoms with E-state index >= 15 is 0 Å². The van der Waals surface area contributed by atoms with Crippen LogP contribution in [0.1, 0.15) is 66.7 Å². The summed E-state index contributed by atoms with van der Waals surface area (Å²) in [6.07, 6.45) is 12.1. The van der Waals surface area contributed by atoms with E-state index < -0.39 is 6.29 Å². The predicted molar refractivity (Wildman–Crippen MR) is 112 cm³/mol. The van der Waals surface area contributed by atoms with Crippen LogP contribution in [0.4, 0.5) is 0 Å². The summed E-state index contributed by atoms with van der Waals surface area (Å²) in [7, 11) is 0. The molecular weight excluding hydrogens is 340 g/mol. The number of allylic oxidation sites excluding steroid dienone is 4. The molecule has 2 nitrogen and oxygen atoms in total. The topological polar surface area (TPSA) is 29.5 Å². The number of hydrogen-bond donors (Lipinski definition) is 1. The first-order valence-electron chi connectivity index (χ1n) is 10.4. The van der Waals surface area contributed by atoms with Crippen LogP contribution in [0.2, 0.25) is 0 Å². The Kier molecular flexibility index (Phi) is 5.99. The van der Waals surface area contributed by atoms with Gasteiger partial charge in [-0.15, -0.1) is 0 Å². The molecule has 3 aliphatic rings. The summed E-state index contributed by atoms with van der Waals surface area (Å²) >= 11 is 1.98. The van der Waals surface area contributed by atoms with Gasteiger partial charge in [-0.2, -0.15) is 11.8 Å². The molecule has 1 aliphatic carbocycles. The Morgan fingerprint density at radius 3 is 2.81 bits per heavy atom. The smallest absolute Gasteiger partial charge is 0.217 e. The lowest BCUT2D eigenvalue weighted by Gasteiger charge is -2.55. The number of rotatable bonds is 6. The van der Waals surface area contributed by atoms with Gasteiger partial charge in [-0.05, 0) is 46.6 Å². The van der Waals surface area contributed by atoms with Crippen LogP contribution in [0.25, 0.3) is 0 Å². The van der Waals surface area contributed by atoms with Crippen molar-refractivity contribution in [2.45, 2.75) is 73.0 Å². The lowest BCUT2D eigenvalue weighted by Crippen LogP contribution is -2.49. The van der Waals surface area contributed by atoms with Gasteiger partial charge in [-0.3, -0.25) is 0 Å². The number of aliphatic hydroxyl groups is 1. The first kappa shape index (κ1) is 20.1. The molecule has 4 unspecified atom stereocenters. The monoisotopic (exact) mass is 376 g/mol. The van der Waals surface area contributed by atoms with Crippen molar-refractivity contribution in [3.8, 4) is 0 Å². The fourth-order valence-electron chi connectivity index (χ4n) is 5.06. The normalized spacial score (nSPS) is 32.2. The second-order valence-electron chi connectivity index (χ2n) is 9.01. The molecule has 4 atom stereocenters. The molecule has 2 heterocycles. The molecule has 0 aromatic rings. The Morgan fingerprint density at radius 2 is 2.08 bits per heavy atom. The third kappa shape index (κ3) is 3.30. The molecule has 0 aromatic carbocycles. The Labute approximate surface area is 164 Å². The van der Waals surface area contributed by atoms with E-state index in [1.807, 2.05) is 17.8 Å². The summed E-state index contributed by atoms with van der Waals surface area (Å²) in [6, 6.07) is 0. The Morgan fingerprint density at radius 1 is 1.31 bits per heavy atom. The van der Waals surface area contributed by atoms with Crippen LogP contribution in [0.5, 0.6) is 0 Å². The zero-order chi connectivity index (χ0) is 18.9. The number of hydrogen-bond acceptors (Lipinski definition) is 3. The molecule has 2 aliphatic heterocycles. The molecule has 0 aromatic heterocycles. The van der Waals surface area contributed by atoms with Gasteiger partial charge in [0.2, 0.25) is 6.29 Å². The van der Waals surface area contributed by atoms with E-state index in [1.165, 1.54) is 36.8 Å². The second kappa shape index (κ2) is 7.75. The maximum Gasteiger partial charge on any atom is 0.217 e. The minimum Gasteiger partial charge on any atom is -0.465 e. The Hall–Kier alpha value is -0.670. The summed E-state index contributed by atoms with van der Waals surface area (Å²) in [6.45, 7) is 11.7. The molecule has 1 spiro atoms. The highest BCUT2D eigenvalue weighted by Crippen LogP contribution is 2.62. The van der Waals surface area contributed by atoms with Crippen LogP contribution in [0, 0.1) is 22.7 Å². The van der Waals surface area contributed by atoms with Crippen molar-refractivity contribution < 1.29 is 9.84 Å². The van der Waals surface area contributed by atoms with Gasteiger partial charge in [0.25, 0.3) is 0 Å². The molecular formula is C23H36O2S. The van der Waals surface area contributed by atoms with Crippen molar-refractivity contribution >= 4 is 11.8 Å². The first-order valence-corrected chi connectivity index (χ1v) is 11.6. The van der Waals surface area contributed by atoms with Crippen LogP contribution in [-0.4, -0.2) is 22.9 Å². The Bertz CT molecular complexity index is 616. The number of ether oxygens (including phenoxy) is 1. The van der Waals surface area contributed by atoms with E-state index in [0.717, 1.165) is 23.7 Å². The molecule has 0 amide bonds. The third-order valence-corrected chi connectivity index (χ3v) is 8.05. The lowest BCUT2D eigenvalue weighted by atomic mass is 9.54. The standard InChI is InChI=1S/C23H36O2S/c1-6-7-8-9-16(2)17(3)19-10-11-22(4,5)23-12-13-26-15-18(23)14-20(24)25-21(19)23/h10-11,14,16-17,20,24H,6-9,12-13,15H2,1-5H3. The number of aliphatic hydroxyl groups excluding tert-OH is 1. The zero-order valence-electron chi connectivity index (χ0n) is 17.2. The van der Waals surface area contributed by atoms with E-state index in [1.54, 1.807) is 0 Å². The van der Waals surface area contributed by atoms with Crippen molar-refractivity contribution in [1.29, 1.82) is 0 Å². The lowest BCUT2D eigenvalue weighted by molar-refractivity contribution is -0.0770. The molecule has 0 radical (unpaired) electrons. The van der Waals surface area contributed by atoms with Gasteiger partial charge in [0, 0.05) is 5.75 Å². The minimum atomic E-state index is -0.799. The second-order valence-corrected chi connectivity index (χ2v) is 10.1. The van der Waals surface area contributed by atoms with Gasteiger partial charge in [0.05, 0.1) is 5.41 Å². The largest absolute Gasteiger partial charge is 0.465 e. The summed E-state index contributed by atoms with van der Waals surface area (Å²) in [5.41, 5.74) is 2.65. The minimum absolute atomic E-state index is 0.0178. The molecule has 3 heteroatoms. The highest BCUT2D eigenvalue weighted by Gasteiger charge is 2.56. The molecule has 0 saturated carbocycles. The SMILES string of the molecule is CCCCCC(C)C(C)C1=C2OC(O)C=C3CSCCC32C(C)(C)C=C1. The van der Waals surface area contributed by atoms with E-state index in [9.17, 15) is 5.11 Å². The van der Waals surface area contributed by atoms with Crippen LogP contribution in [-0.2, 0) is 4.74 Å². The maximum atomic E-state index is 10.4. The van der Waals surface area contributed by atoms with Crippen molar-refractivity contribution in [2.24, 2.45) is 22.7 Å². The molecule has 1 N–H and O–H groups in total. The van der Waals surface area contributed by atoms with Gasteiger partial charge in [-0.1, -0.05) is 72.5 Å². The van der Waals surface area contributed by atoms with Gasteiger partial charge >= 0.3 is 0 Å². The quantitative estimate of drug-likeness (QED) is 0.449. The van der Waals surface area contributed by atoms with Crippen LogP contribution in [0.15, 0.2) is 35.1 Å². The fraction of sp³-hybridized carbons (Fsp3) is 0.739. The number of thioether (sulfide) groups is 1. The van der Waals surface area contributed by atoms with E-state index in [4.69, 9.17) is 4.74 Å². The van der Waals surface area contributed by atoms with Crippen LogP contribution >= 0.6 is 11.8 Å². The highest BCUT2D eigenvalue weighted by molar-refractivity contribution is 7.99. The average Bonchev–Trinajstić information content (AvgIpc) is 2.60. The van der Waals surface area contributed by atoms with E-state index in [-0.39, 0.29) is 10.8 Å². The summed E-state index contributed by atoms with van der Waals surface area (Å²) in [5.74, 6) is 4.32. The predicted octanol–water partition coefficient (Wildman–Crippen LogP) is 6.09. The van der Waals surface area contributed by atoms with Crippen LogP contribution in [0.3, 0.4) is 0 Å².